The van der Waals surface area contributed by atoms with E-state index in [0.29, 0.717) is 23.4 Å². The second kappa shape index (κ2) is 8.57. The molecule has 4 rings (SSSR count). The molecule has 7 nitrogen and oxygen atoms in total. The summed E-state index contributed by atoms with van der Waals surface area (Å²) in [5, 5.41) is 9.30. The molecule has 0 bridgehead atoms. The number of carbonyl (C=O) groups excluding carboxylic acids is 2. The summed E-state index contributed by atoms with van der Waals surface area (Å²) < 4.78 is 1.97. The molecule has 0 spiro atoms. The van der Waals surface area contributed by atoms with E-state index in [1.807, 2.05) is 22.6 Å². The summed E-state index contributed by atoms with van der Waals surface area (Å²) in [5.74, 6) is 1.36. The Balaban J connectivity index is 1.43. The predicted octanol–water partition coefficient (Wildman–Crippen LogP) is 2.66. The molecular weight excluding hydrogens is 386 g/mol. The highest BCUT2D eigenvalue weighted by Crippen LogP contribution is 2.40. The molecule has 1 fully saturated rings. The van der Waals surface area contributed by atoms with E-state index in [1.165, 1.54) is 22.9 Å². The Bertz CT molecular complexity index is 908. The zero-order chi connectivity index (χ0) is 20.4. The minimum absolute atomic E-state index is 0.0779. The number of aryl methyl sites for hydroxylation is 1. The summed E-state index contributed by atoms with van der Waals surface area (Å²) in [6.45, 7) is 0.469. The van der Waals surface area contributed by atoms with Crippen molar-refractivity contribution in [1.29, 1.82) is 0 Å². The highest BCUT2D eigenvalue weighted by atomic mass is 32.2. The molecule has 0 saturated heterocycles. The van der Waals surface area contributed by atoms with Crippen LogP contribution in [0.15, 0.2) is 29.4 Å². The van der Waals surface area contributed by atoms with Crippen LogP contribution in [0, 0.1) is 0 Å². The van der Waals surface area contributed by atoms with E-state index in [0.717, 1.165) is 37.9 Å². The number of thioether (sulfide) groups is 1. The van der Waals surface area contributed by atoms with E-state index in [4.69, 9.17) is 5.73 Å². The molecule has 1 saturated carbocycles. The Morgan fingerprint density at radius 1 is 1.24 bits per heavy atom. The Kier molecular flexibility index (Phi) is 5.89. The van der Waals surface area contributed by atoms with Gasteiger partial charge in [0.25, 0.3) is 0 Å². The van der Waals surface area contributed by atoms with Gasteiger partial charge in [-0.1, -0.05) is 36.0 Å². The normalized spacial score (nSPS) is 18.3. The molecule has 0 aliphatic heterocycles. The molecule has 29 heavy (non-hydrogen) atoms. The average Bonchev–Trinajstić information content (AvgIpc) is 3.49. The molecule has 2 aliphatic carbocycles. The number of aromatic nitrogens is 3. The molecule has 2 aliphatic rings. The molecule has 1 heterocycles. The number of carbonyl (C=O) groups is 2. The fraction of sp³-hybridized carbons (Fsp3) is 0.524. The fourth-order valence-corrected chi connectivity index (χ4v) is 4.91. The van der Waals surface area contributed by atoms with Crippen molar-refractivity contribution in [2.75, 3.05) is 12.8 Å². The van der Waals surface area contributed by atoms with Gasteiger partial charge in [0.2, 0.25) is 11.8 Å². The lowest BCUT2D eigenvalue weighted by atomic mass is 9.87. The zero-order valence-electron chi connectivity index (χ0n) is 16.7. The smallest absolute Gasteiger partial charge is 0.233 e. The molecule has 1 aromatic carbocycles. The first kappa shape index (κ1) is 19.9. The van der Waals surface area contributed by atoms with Crippen LogP contribution in [0.4, 0.5) is 0 Å². The average molecular weight is 414 g/mol. The minimum Gasteiger partial charge on any atom is -0.370 e. The summed E-state index contributed by atoms with van der Waals surface area (Å²) in [7, 11) is 1.89. The highest BCUT2D eigenvalue weighted by Gasteiger charge is 2.31. The second-order valence-electron chi connectivity index (χ2n) is 7.88. The van der Waals surface area contributed by atoms with E-state index in [9.17, 15) is 9.59 Å². The van der Waals surface area contributed by atoms with Crippen LogP contribution in [0.1, 0.15) is 61.0 Å². The molecular formula is C21H27N5O2S. The van der Waals surface area contributed by atoms with Crippen molar-refractivity contribution in [2.24, 2.45) is 5.73 Å². The largest absolute Gasteiger partial charge is 0.370 e. The summed E-state index contributed by atoms with van der Waals surface area (Å²) in [5.41, 5.74) is 7.93. The Morgan fingerprint density at radius 2 is 2.03 bits per heavy atom. The van der Waals surface area contributed by atoms with Crippen LogP contribution in [-0.2, 0) is 22.6 Å². The number of primary amides is 1. The van der Waals surface area contributed by atoms with Gasteiger partial charge in [0.1, 0.15) is 5.82 Å². The van der Waals surface area contributed by atoms with Crippen LogP contribution in [-0.4, -0.2) is 44.3 Å². The van der Waals surface area contributed by atoms with Crippen molar-refractivity contribution in [2.45, 2.75) is 62.2 Å². The second-order valence-corrected chi connectivity index (χ2v) is 8.83. The van der Waals surface area contributed by atoms with Crippen molar-refractivity contribution < 1.29 is 9.59 Å². The molecule has 2 amide bonds. The van der Waals surface area contributed by atoms with Gasteiger partial charge < -0.3 is 15.2 Å². The van der Waals surface area contributed by atoms with Gasteiger partial charge in [-0.3, -0.25) is 9.59 Å². The minimum atomic E-state index is -0.344. The molecule has 8 heteroatoms. The van der Waals surface area contributed by atoms with Gasteiger partial charge in [-0.25, -0.2) is 0 Å². The van der Waals surface area contributed by atoms with Crippen molar-refractivity contribution in [3.05, 3.63) is 41.2 Å². The lowest BCUT2D eigenvalue weighted by Crippen LogP contribution is -2.34. The van der Waals surface area contributed by atoms with E-state index >= 15 is 0 Å². The molecule has 154 valence electrons. The number of benzene rings is 1. The van der Waals surface area contributed by atoms with Gasteiger partial charge in [0.15, 0.2) is 5.16 Å². The van der Waals surface area contributed by atoms with Gasteiger partial charge in [0.05, 0.1) is 11.8 Å². The van der Waals surface area contributed by atoms with E-state index in [2.05, 4.69) is 28.4 Å². The molecule has 2 N–H and O–H groups in total. The Labute approximate surface area is 175 Å². The van der Waals surface area contributed by atoms with Gasteiger partial charge >= 0.3 is 0 Å². The Hall–Kier alpha value is -2.35. The van der Waals surface area contributed by atoms with Crippen LogP contribution in [0.2, 0.25) is 0 Å². The van der Waals surface area contributed by atoms with Crippen LogP contribution in [0.25, 0.3) is 0 Å². The SMILES string of the molecule is CN(C(=O)CSc1nnc(C2CC2)n1CCC(N)=O)C1CCCc2ccccc21. The lowest BCUT2D eigenvalue weighted by Gasteiger charge is -2.33. The fourth-order valence-electron chi connectivity index (χ4n) is 4.02. The third-order valence-corrected chi connectivity index (χ3v) is 6.74. The van der Waals surface area contributed by atoms with Crippen molar-refractivity contribution in [3.63, 3.8) is 0 Å². The molecule has 1 aromatic heterocycles. The van der Waals surface area contributed by atoms with Crippen LogP contribution < -0.4 is 5.73 Å². The van der Waals surface area contributed by atoms with E-state index < -0.39 is 0 Å². The molecule has 2 aromatic rings. The quantitative estimate of drug-likeness (QED) is 0.672. The summed E-state index contributed by atoms with van der Waals surface area (Å²) in [6.07, 6.45) is 5.61. The topological polar surface area (TPSA) is 94.1 Å². The number of nitrogens with zero attached hydrogens (tertiary/aromatic N) is 4. The van der Waals surface area contributed by atoms with Crippen molar-refractivity contribution >= 4 is 23.6 Å². The zero-order valence-corrected chi connectivity index (χ0v) is 17.5. The molecule has 0 radical (unpaired) electrons. The summed E-state index contributed by atoms with van der Waals surface area (Å²) >= 11 is 1.39. The number of hydrogen-bond donors (Lipinski definition) is 1. The number of hydrogen-bond acceptors (Lipinski definition) is 5. The first-order chi connectivity index (χ1) is 14.0. The number of fused-ring (bicyclic) bond motifs is 1. The van der Waals surface area contributed by atoms with Gasteiger partial charge in [0, 0.05) is 25.9 Å². The van der Waals surface area contributed by atoms with E-state index in [-0.39, 0.29) is 24.3 Å². The highest BCUT2D eigenvalue weighted by molar-refractivity contribution is 7.99. The lowest BCUT2D eigenvalue weighted by molar-refractivity contribution is -0.129. The van der Waals surface area contributed by atoms with Crippen LogP contribution >= 0.6 is 11.8 Å². The van der Waals surface area contributed by atoms with Gasteiger partial charge in [-0.05, 0) is 43.2 Å². The van der Waals surface area contributed by atoms with Crippen LogP contribution in [0.3, 0.4) is 0 Å². The Morgan fingerprint density at radius 3 is 2.79 bits per heavy atom. The van der Waals surface area contributed by atoms with E-state index in [1.54, 1.807) is 0 Å². The predicted molar refractivity (Wildman–Crippen MR) is 111 cm³/mol. The summed E-state index contributed by atoms with van der Waals surface area (Å²) in [6, 6.07) is 8.54. The third-order valence-electron chi connectivity index (χ3n) is 5.79. The van der Waals surface area contributed by atoms with Crippen molar-refractivity contribution in [1.82, 2.24) is 19.7 Å². The maximum absolute atomic E-state index is 12.9. The maximum Gasteiger partial charge on any atom is 0.233 e. The standard InChI is InChI=1S/C21H27N5O2S/c1-25(17-8-4-6-14-5-2-3-7-16(14)17)19(28)13-29-21-24-23-20(15-9-10-15)26(21)12-11-18(22)27/h2-3,5,7,15,17H,4,6,8-13H2,1H3,(H2,22,27). The number of nitrogens with two attached hydrogens (primary N) is 1. The summed E-state index contributed by atoms with van der Waals surface area (Å²) in [4.78, 5) is 26.0. The maximum atomic E-state index is 12.9. The molecule has 1 unspecified atom stereocenters. The first-order valence-electron chi connectivity index (χ1n) is 10.2. The van der Waals surface area contributed by atoms with Crippen molar-refractivity contribution in [3.8, 4) is 0 Å². The van der Waals surface area contributed by atoms with Gasteiger partial charge in [-0.15, -0.1) is 10.2 Å². The third kappa shape index (κ3) is 4.47. The number of rotatable bonds is 8. The number of amides is 2. The monoisotopic (exact) mass is 413 g/mol. The van der Waals surface area contributed by atoms with Gasteiger partial charge in [-0.2, -0.15) is 0 Å². The first-order valence-corrected chi connectivity index (χ1v) is 11.2. The van der Waals surface area contributed by atoms with Crippen LogP contribution in [0.5, 0.6) is 0 Å². The molecule has 1 atom stereocenters.